The van der Waals surface area contributed by atoms with Gasteiger partial charge in [0.1, 0.15) is 0 Å². The second-order valence-electron chi connectivity index (χ2n) is 4.16. The van der Waals surface area contributed by atoms with Gasteiger partial charge in [0.25, 0.3) is 0 Å². The molecule has 4 heteroatoms. The number of ether oxygens (including phenoxy) is 1. The summed E-state index contributed by atoms with van der Waals surface area (Å²) >= 11 is 0. The van der Waals surface area contributed by atoms with Gasteiger partial charge in [-0.2, -0.15) is 0 Å². The van der Waals surface area contributed by atoms with Crippen LogP contribution in [0.3, 0.4) is 0 Å². The maximum Gasteiger partial charge on any atom is 0.307 e. The SMILES string of the molecule is CCOC(=O)CCN(CC)C1CCNCC1. The van der Waals surface area contributed by atoms with Gasteiger partial charge in [0, 0.05) is 12.6 Å². The monoisotopic (exact) mass is 228 g/mol. The number of carbonyl (C=O) groups excluding carboxylic acids is 1. The van der Waals surface area contributed by atoms with Gasteiger partial charge in [-0.1, -0.05) is 6.92 Å². The summed E-state index contributed by atoms with van der Waals surface area (Å²) in [6, 6.07) is 0.640. The Morgan fingerprint density at radius 1 is 1.38 bits per heavy atom. The highest BCUT2D eigenvalue weighted by molar-refractivity contribution is 5.69. The molecular formula is C12H24N2O2. The molecule has 0 amide bonds. The van der Waals surface area contributed by atoms with Crippen molar-refractivity contribution in [1.29, 1.82) is 0 Å². The molecule has 1 aliphatic rings. The third-order valence-electron chi connectivity index (χ3n) is 3.14. The predicted molar refractivity (Wildman–Crippen MR) is 64.4 cm³/mol. The maximum atomic E-state index is 11.3. The molecule has 0 aliphatic carbocycles. The van der Waals surface area contributed by atoms with Crippen LogP contribution in [0, 0.1) is 0 Å². The average Bonchev–Trinajstić information content (AvgIpc) is 2.31. The first-order valence-corrected chi connectivity index (χ1v) is 6.38. The van der Waals surface area contributed by atoms with Gasteiger partial charge in [0.2, 0.25) is 0 Å². The first-order chi connectivity index (χ1) is 7.77. The standard InChI is InChI=1S/C12H24N2O2/c1-3-14(10-7-12(15)16-4-2)11-5-8-13-9-6-11/h11,13H,3-10H2,1-2H3. The van der Waals surface area contributed by atoms with Crippen LogP contribution in [0.25, 0.3) is 0 Å². The number of carbonyl (C=O) groups is 1. The van der Waals surface area contributed by atoms with Crippen molar-refractivity contribution in [3.63, 3.8) is 0 Å². The van der Waals surface area contributed by atoms with E-state index in [-0.39, 0.29) is 5.97 Å². The molecule has 0 saturated carbocycles. The van der Waals surface area contributed by atoms with E-state index < -0.39 is 0 Å². The van der Waals surface area contributed by atoms with Gasteiger partial charge >= 0.3 is 5.97 Å². The molecular weight excluding hydrogens is 204 g/mol. The highest BCUT2D eigenvalue weighted by Gasteiger charge is 2.20. The Bertz CT molecular complexity index is 203. The minimum absolute atomic E-state index is 0.0742. The molecule has 1 saturated heterocycles. The molecule has 0 spiro atoms. The molecule has 16 heavy (non-hydrogen) atoms. The zero-order valence-electron chi connectivity index (χ0n) is 10.5. The predicted octanol–water partition coefficient (Wildman–Crippen LogP) is 1.01. The third kappa shape index (κ3) is 4.49. The lowest BCUT2D eigenvalue weighted by Gasteiger charge is -2.33. The molecule has 0 aromatic rings. The fourth-order valence-electron chi connectivity index (χ4n) is 2.24. The molecule has 1 aliphatic heterocycles. The van der Waals surface area contributed by atoms with Crippen molar-refractivity contribution >= 4 is 5.97 Å². The van der Waals surface area contributed by atoms with E-state index in [0.29, 0.717) is 19.1 Å². The lowest BCUT2D eigenvalue weighted by Crippen LogP contribution is -2.43. The van der Waals surface area contributed by atoms with E-state index in [0.717, 1.165) is 26.2 Å². The Balaban J connectivity index is 2.27. The van der Waals surface area contributed by atoms with Crippen molar-refractivity contribution in [2.75, 3.05) is 32.8 Å². The summed E-state index contributed by atoms with van der Waals surface area (Å²) < 4.78 is 4.95. The van der Waals surface area contributed by atoms with Crippen molar-refractivity contribution in [2.45, 2.75) is 39.2 Å². The van der Waals surface area contributed by atoms with Crippen molar-refractivity contribution in [3.05, 3.63) is 0 Å². The second-order valence-corrected chi connectivity index (χ2v) is 4.16. The van der Waals surface area contributed by atoms with E-state index in [1.165, 1.54) is 12.8 Å². The molecule has 0 atom stereocenters. The summed E-state index contributed by atoms with van der Waals surface area (Å²) in [6.07, 6.45) is 2.90. The number of nitrogens with zero attached hydrogens (tertiary/aromatic N) is 1. The Labute approximate surface area is 98.3 Å². The molecule has 0 aromatic heterocycles. The van der Waals surface area contributed by atoms with Crippen molar-refractivity contribution in [1.82, 2.24) is 10.2 Å². The van der Waals surface area contributed by atoms with E-state index in [1.807, 2.05) is 6.92 Å². The first kappa shape index (κ1) is 13.5. The molecule has 1 fully saturated rings. The Hall–Kier alpha value is -0.610. The van der Waals surface area contributed by atoms with Crippen LogP contribution < -0.4 is 5.32 Å². The quantitative estimate of drug-likeness (QED) is 0.689. The summed E-state index contributed by atoms with van der Waals surface area (Å²) in [6.45, 7) is 8.54. The van der Waals surface area contributed by atoms with E-state index in [4.69, 9.17) is 4.74 Å². The number of hydrogen-bond acceptors (Lipinski definition) is 4. The Morgan fingerprint density at radius 2 is 2.06 bits per heavy atom. The molecule has 4 nitrogen and oxygen atoms in total. The number of piperidine rings is 1. The van der Waals surface area contributed by atoms with Gasteiger partial charge in [-0.25, -0.2) is 0 Å². The van der Waals surface area contributed by atoms with Crippen molar-refractivity contribution in [3.8, 4) is 0 Å². The van der Waals surface area contributed by atoms with E-state index >= 15 is 0 Å². The van der Waals surface area contributed by atoms with Crippen LogP contribution in [0.4, 0.5) is 0 Å². The van der Waals surface area contributed by atoms with Gasteiger partial charge in [-0.15, -0.1) is 0 Å². The van der Waals surface area contributed by atoms with Crippen molar-refractivity contribution in [2.24, 2.45) is 0 Å². The van der Waals surface area contributed by atoms with E-state index in [2.05, 4.69) is 17.1 Å². The third-order valence-corrected chi connectivity index (χ3v) is 3.14. The van der Waals surface area contributed by atoms with Gasteiger partial charge in [-0.05, 0) is 39.4 Å². The summed E-state index contributed by atoms with van der Waals surface area (Å²) in [4.78, 5) is 13.7. The maximum absolute atomic E-state index is 11.3. The molecule has 1 N–H and O–H groups in total. The average molecular weight is 228 g/mol. The normalized spacial score (nSPS) is 17.7. The molecule has 0 unspecified atom stereocenters. The zero-order chi connectivity index (χ0) is 11.8. The van der Waals surface area contributed by atoms with Crippen LogP contribution in [-0.4, -0.2) is 49.7 Å². The van der Waals surface area contributed by atoms with Crippen LogP contribution in [0.5, 0.6) is 0 Å². The topological polar surface area (TPSA) is 41.6 Å². The van der Waals surface area contributed by atoms with Crippen LogP contribution >= 0.6 is 0 Å². The van der Waals surface area contributed by atoms with Crippen LogP contribution in [0.2, 0.25) is 0 Å². The number of nitrogens with one attached hydrogen (secondary N) is 1. The summed E-state index contributed by atoms with van der Waals surface area (Å²) in [5.74, 6) is -0.0742. The van der Waals surface area contributed by atoms with Crippen molar-refractivity contribution < 1.29 is 9.53 Å². The van der Waals surface area contributed by atoms with Gasteiger partial charge in [0.15, 0.2) is 0 Å². The minimum Gasteiger partial charge on any atom is -0.466 e. The highest BCUT2D eigenvalue weighted by Crippen LogP contribution is 2.11. The zero-order valence-corrected chi connectivity index (χ0v) is 10.5. The molecule has 1 rings (SSSR count). The molecule has 1 heterocycles. The summed E-state index contributed by atoms with van der Waals surface area (Å²) in [7, 11) is 0. The van der Waals surface area contributed by atoms with Crippen LogP contribution in [0.1, 0.15) is 33.1 Å². The molecule has 0 radical (unpaired) electrons. The largest absolute Gasteiger partial charge is 0.466 e. The van der Waals surface area contributed by atoms with E-state index in [1.54, 1.807) is 0 Å². The lowest BCUT2D eigenvalue weighted by molar-refractivity contribution is -0.143. The minimum atomic E-state index is -0.0742. The number of hydrogen-bond donors (Lipinski definition) is 1. The van der Waals surface area contributed by atoms with Gasteiger partial charge < -0.3 is 10.1 Å². The second kappa shape index (κ2) is 7.63. The van der Waals surface area contributed by atoms with Gasteiger partial charge in [0.05, 0.1) is 13.0 Å². The summed E-state index contributed by atoms with van der Waals surface area (Å²) in [5.41, 5.74) is 0. The van der Waals surface area contributed by atoms with E-state index in [9.17, 15) is 4.79 Å². The van der Waals surface area contributed by atoms with Crippen LogP contribution in [0.15, 0.2) is 0 Å². The fraction of sp³-hybridized carbons (Fsp3) is 0.917. The van der Waals surface area contributed by atoms with Crippen LogP contribution in [-0.2, 0) is 9.53 Å². The van der Waals surface area contributed by atoms with Gasteiger partial charge in [-0.3, -0.25) is 9.69 Å². The molecule has 94 valence electrons. The number of rotatable bonds is 6. The smallest absolute Gasteiger partial charge is 0.307 e. The Morgan fingerprint density at radius 3 is 2.62 bits per heavy atom. The molecule has 0 aromatic carbocycles. The molecule has 0 bridgehead atoms. The fourth-order valence-corrected chi connectivity index (χ4v) is 2.24. The summed E-state index contributed by atoms with van der Waals surface area (Å²) in [5, 5.41) is 3.36. The first-order valence-electron chi connectivity index (χ1n) is 6.38. The number of esters is 1. The highest BCUT2D eigenvalue weighted by atomic mass is 16.5. The lowest BCUT2D eigenvalue weighted by atomic mass is 10.0. The Kier molecular flexibility index (Phi) is 6.42.